The lowest BCUT2D eigenvalue weighted by atomic mass is 10.1. The van der Waals surface area contributed by atoms with Gasteiger partial charge in [-0.25, -0.2) is 0 Å². The van der Waals surface area contributed by atoms with E-state index in [9.17, 15) is 0 Å². The smallest absolute Gasteiger partial charge is 0.374 e. The highest BCUT2D eigenvalue weighted by Gasteiger charge is 2.22. The zero-order valence-corrected chi connectivity index (χ0v) is 21.1. The Bertz CT molecular complexity index is 1630. The molecule has 0 atom stereocenters. The Labute approximate surface area is 217 Å². The van der Waals surface area contributed by atoms with Crippen molar-refractivity contribution < 1.29 is 13.7 Å². The van der Waals surface area contributed by atoms with Crippen LogP contribution in [0.4, 0.5) is 5.69 Å². The summed E-state index contributed by atoms with van der Waals surface area (Å²) in [4.78, 5) is 0. The standard InChI is InChI=1S/C33H28N2O2/c1-3-23(19-32-34-28-21-26(15-17-30(28)36-32)24-11-7-5-8-12-24)20-33-35(4-2)29-22-27(16-18-31(29)37-33)25-13-9-6-10-14-25/h5-22H,3-4H2,1-2H3/p+1. The molecule has 6 rings (SSSR count). The molecule has 4 aromatic carbocycles. The Kier molecular flexibility index (Phi) is 6.07. The molecule has 0 fully saturated rings. The number of ether oxygens (including phenoxy) is 1. The molecule has 0 aliphatic carbocycles. The molecule has 0 saturated carbocycles. The number of nitrogens with one attached hydrogen (secondary N) is 1. The second-order valence-corrected chi connectivity index (χ2v) is 9.12. The molecule has 0 amide bonds. The number of fused-ring (bicyclic) bond motifs is 2. The summed E-state index contributed by atoms with van der Waals surface area (Å²) < 4.78 is 14.6. The monoisotopic (exact) mass is 485 g/mol. The summed E-state index contributed by atoms with van der Waals surface area (Å²) in [6.45, 7) is 5.10. The topological polar surface area (TPSA) is 38.3 Å². The molecule has 4 heteroatoms. The van der Waals surface area contributed by atoms with Crippen LogP contribution in [0.3, 0.4) is 0 Å². The van der Waals surface area contributed by atoms with Gasteiger partial charge in [0.05, 0.1) is 11.8 Å². The third kappa shape index (κ3) is 4.54. The minimum absolute atomic E-state index is 0.721. The first kappa shape index (κ1) is 22.9. The maximum Gasteiger partial charge on any atom is 0.374 e. The third-order valence-electron chi connectivity index (χ3n) is 6.75. The van der Waals surface area contributed by atoms with Gasteiger partial charge in [-0.1, -0.05) is 79.7 Å². The zero-order valence-electron chi connectivity index (χ0n) is 21.1. The van der Waals surface area contributed by atoms with E-state index in [1.54, 1.807) is 0 Å². The lowest BCUT2D eigenvalue weighted by Gasteiger charge is -2.03. The number of benzene rings is 4. The number of oxazole rings is 1. The van der Waals surface area contributed by atoms with Gasteiger partial charge >= 0.3 is 5.89 Å². The van der Waals surface area contributed by atoms with Gasteiger partial charge in [0, 0.05) is 12.1 Å². The molecule has 5 aromatic rings. The van der Waals surface area contributed by atoms with Gasteiger partial charge in [-0.15, -0.1) is 0 Å². The molecule has 182 valence electrons. The van der Waals surface area contributed by atoms with Crippen molar-refractivity contribution in [2.75, 3.05) is 5.32 Å². The first-order valence-corrected chi connectivity index (χ1v) is 12.8. The van der Waals surface area contributed by atoms with E-state index in [-0.39, 0.29) is 0 Å². The highest BCUT2D eigenvalue weighted by atomic mass is 16.5. The van der Waals surface area contributed by atoms with Crippen molar-refractivity contribution in [3.63, 3.8) is 0 Å². The number of allylic oxidation sites excluding steroid dienone is 2. The van der Waals surface area contributed by atoms with Crippen molar-refractivity contribution >= 4 is 22.9 Å². The summed E-state index contributed by atoms with van der Waals surface area (Å²) in [6.07, 6.45) is 5.02. The number of aryl methyl sites for hydroxylation is 1. The van der Waals surface area contributed by atoms with Crippen molar-refractivity contribution in [3.05, 3.63) is 120 Å². The lowest BCUT2D eigenvalue weighted by molar-refractivity contribution is -0.674. The molecule has 0 bridgehead atoms. The van der Waals surface area contributed by atoms with Crippen LogP contribution in [0.5, 0.6) is 5.75 Å². The summed E-state index contributed by atoms with van der Waals surface area (Å²) >= 11 is 0. The number of hydrogen-bond acceptors (Lipinski definition) is 3. The Hall–Kier alpha value is -4.57. The van der Waals surface area contributed by atoms with Gasteiger partial charge in [-0.2, -0.15) is 4.57 Å². The van der Waals surface area contributed by atoms with Gasteiger partial charge in [0.25, 0.3) is 5.52 Å². The van der Waals surface area contributed by atoms with Crippen LogP contribution in [0, 0.1) is 0 Å². The van der Waals surface area contributed by atoms with Crippen LogP contribution in [-0.2, 0) is 6.54 Å². The van der Waals surface area contributed by atoms with E-state index >= 15 is 0 Å². The largest absolute Gasteiger partial charge is 0.439 e. The molecular formula is C33H29N2O2+. The van der Waals surface area contributed by atoms with Gasteiger partial charge in [0.1, 0.15) is 6.54 Å². The van der Waals surface area contributed by atoms with Gasteiger partial charge in [-0.05, 0) is 59.4 Å². The quantitative estimate of drug-likeness (QED) is 0.246. The fourth-order valence-electron chi connectivity index (χ4n) is 4.79. The molecule has 1 aromatic heterocycles. The van der Waals surface area contributed by atoms with E-state index in [2.05, 4.69) is 115 Å². The van der Waals surface area contributed by atoms with Crippen LogP contribution >= 0.6 is 0 Å². The van der Waals surface area contributed by atoms with E-state index < -0.39 is 0 Å². The molecule has 0 radical (unpaired) electrons. The summed E-state index contributed by atoms with van der Waals surface area (Å²) in [5.74, 6) is 2.39. The van der Waals surface area contributed by atoms with Crippen molar-refractivity contribution in [3.8, 4) is 28.0 Å². The highest BCUT2D eigenvalue weighted by molar-refractivity contribution is 5.79. The molecule has 4 nitrogen and oxygen atoms in total. The Morgan fingerprint density at radius 1 is 0.784 bits per heavy atom. The van der Waals surface area contributed by atoms with E-state index in [0.717, 1.165) is 58.4 Å². The molecule has 37 heavy (non-hydrogen) atoms. The van der Waals surface area contributed by atoms with Crippen LogP contribution < -0.4 is 14.6 Å². The van der Waals surface area contributed by atoms with Gasteiger partial charge < -0.3 is 14.5 Å². The number of hydrogen-bond donors (Lipinski definition) is 1. The Balaban J connectivity index is 1.30. The summed E-state index contributed by atoms with van der Waals surface area (Å²) in [5.41, 5.74) is 8.78. The minimum atomic E-state index is 0.721. The average molecular weight is 486 g/mol. The molecule has 1 aliphatic rings. The molecular weight excluding hydrogens is 456 g/mol. The predicted octanol–water partition coefficient (Wildman–Crippen LogP) is 8.21. The molecule has 2 heterocycles. The summed E-state index contributed by atoms with van der Waals surface area (Å²) in [5, 5.41) is 3.44. The Morgan fingerprint density at radius 3 is 2.14 bits per heavy atom. The SMILES string of the molecule is CCC(/C=C1/Nc2cc(-c3ccccc3)ccc2O1)=C\c1oc2ccc(-c3ccccc3)cc2[n+]1CC. The van der Waals surface area contributed by atoms with E-state index in [0.29, 0.717) is 0 Å². The molecule has 1 aliphatic heterocycles. The molecule has 1 N–H and O–H groups in total. The second-order valence-electron chi connectivity index (χ2n) is 9.12. The minimum Gasteiger partial charge on any atom is -0.439 e. The predicted molar refractivity (Wildman–Crippen MR) is 150 cm³/mol. The van der Waals surface area contributed by atoms with Gasteiger partial charge in [-0.3, -0.25) is 0 Å². The average Bonchev–Trinajstić information content (AvgIpc) is 3.52. The third-order valence-corrected chi connectivity index (χ3v) is 6.75. The number of anilines is 1. The maximum absolute atomic E-state index is 6.30. The van der Waals surface area contributed by atoms with Crippen LogP contribution in [0.25, 0.3) is 39.4 Å². The number of nitrogens with zero attached hydrogens (tertiary/aromatic N) is 1. The highest BCUT2D eigenvalue weighted by Crippen LogP contribution is 2.37. The van der Waals surface area contributed by atoms with Crippen molar-refractivity contribution in [2.24, 2.45) is 0 Å². The fraction of sp³-hybridized carbons (Fsp3) is 0.121. The summed E-state index contributed by atoms with van der Waals surface area (Å²) in [6, 6.07) is 33.5. The molecule has 0 saturated heterocycles. The first-order valence-electron chi connectivity index (χ1n) is 12.8. The zero-order chi connectivity index (χ0) is 25.2. The van der Waals surface area contributed by atoms with Gasteiger partial charge in [0.15, 0.2) is 11.6 Å². The molecule has 0 unspecified atom stereocenters. The molecule has 0 spiro atoms. The van der Waals surface area contributed by atoms with Gasteiger partial charge in [0.2, 0.25) is 5.58 Å². The van der Waals surface area contributed by atoms with E-state index in [1.807, 2.05) is 18.2 Å². The Morgan fingerprint density at radius 2 is 1.46 bits per heavy atom. The van der Waals surface area contributed by atoms with E-state index in [4.69, 9.17) is 9.15 Å². The van der Waals surface area contributed by atoms with Crippen LogP contribution in [0.15, 0.2) is 119 Å². The second kappa shape index (κ2) is 9.82. The first-order chi connectivity index (χ1) is 18.2. The van der Waals surface area contributed by atoms with Crippen LogP contribution in [0.2, 0.25) is 0 Å². The van der Waals surface area contributed by atoms with E-state index in [1.165, 1.54) is 16.7 Å². The van der Waals surface area contributed by atoms with Crippen LogP contribution in [0.1, 0.15) is 26.2 Å². The summed E-state index contributed by atoms with van der Waals surface area (Å²) in [7, 11) is 0. The number of rotatable bonds is 6. The normalized spacial score (nSPS) is 14.0. The van der Waals surface area contributed by atoms with Crippen molar-refractivity contribution in [1.82, 2.24) is 0 Å². The maximum atomic E-state index is 6.30. The fourth-order valence-corrected chi connectivity index (χ4v) is 4.79. The van der Waals surface area contributed by atoms with Crippen LogP contribution in [-0.4, -0.2) is 0 Å². The lowest BCUT2D eigenvalue weighted by Crippen LogP contribution is -2.33. The van der Waals surface area contributed by atoms with Crippen molar-refractivity contribution in [1.29, 1.82) is 0 Å². The van der Waals surface area contributed by atoms with Crippen molar-refractivity contribution in [2.45, 2.75) is 26.8 Å². The number of aromatic nitrogens is 1.